The maximum Gasteiger partial charge on any atom is 0.254 e. The van der Waals surface area contributed by atoms with Gasteiger partial charge in [-0.2, -0.15) is 0 Å². The fraction of sp³-hybridized carbons (Fsp3) is 0.241. The maximum absolute atomic E-state index is 13.5. The van der Waals surface area contributed by atoms with E-state index in [1.54, 1.807) is 33.3 Å². The molecule has 3 aromatic carbocycles. The van der Waals surface area contributed by atoms with E-state index in [1.165, 1.54) is 0 Å². The number of hydrogen-bond acceptors (Lipinski definition) is 6. The van der Waals surface area contributed by atoms with Crippen LogP contribution in [0, 0.1) is 0 Å². The van der Waals surface area contributed by atoms with E-state index in [0.717, 1.165) is 22.2 Å². The van der Waals surface area contributed by atoms with E-state index in [0.29, 0.717) is 48.1 Å². The van der Waals surface area contributed by atoms with Crippen LogP contribution in [0.1, 0.15) is 16.8 Å². The van der Waals surface area contributed by atoms with Gasteiger partial charge in [-0.25, -0.2) is 4.98 Å². The predicted octanol–water partition coefficient (Wildman–Crippen LogP) is 5.47. The smallest absolute Gasteiger partial charge is 0.254 e. The van der Waals surface area contributed by atoms with E-state index in [1.807, 2.05) is 72.8 Å². The van der Waals surface area contributed by atoms with E-state index in [2.05, 4.69) is 0 Å². The largest absolute Gasteiger partial charge is 0.494 e. The number of nitrogens with zero attached hydrogens (tertiary/aromatic N) is 2. The summed E-state index contributed by atoms with van der Waals surface area (Å²) in [5.74, 6) is 2.28. The highest BCUT2D eigenvalue weighted by Crippen LogP contribution is 2.41. The summed E-state index contributed by atoms with van der Waals surface area (Å²) in [4.78, 5) is 20.1. The molecule has 0 unspecified atom stereocenters. The van der Waals surface area contributed by atoms with E-state index < -0.39 is 0 Å². The Labute approximate surface area is 211 Å². The Morgan fingerprint density at radius 2 is 1.53 bits per heavy atom. The van der Waals surface area contributed by atoms with Crippen LogP contribution < -0.4 is 18.9 Å². The van der Waals surface area contributed by atoms with Crippen LogP contribution in [0.25, 0.3) is 22.2 Å². The molecule has 0 radical (unpaired) electrons. The number of aromatic nitrogens is 1. The van der Waals surface area contributed by atoms with Crippen molar-refractivity contribution in [2.75, 3.05) is 41.5 Å². The van der Waals surface area contributed by atoms with E-state index >= 15 is 0 Å². The van der Waals surface area contributed by atoms with Gasteiger partial charge < -0.3 is 23.8 Å². The molecule has 4 rings (SSSR count). The zero-order valence-electron chi connectivity index (χ0n) is 21.0. The molecule has 0 fully saturated rings. The Morgan fingerprint density at radius 1 is 0.861 bits per heavy atom. The molecule has 4 aromatic rings. The summed E-state index contributed by atoms with van der Waals surface area (Å²) in [7, 11) is 6.51. The van der Waals surface area contributed by atoms with Gasteiger partial charge >= 0.3 is 0 Å². The van der Waals surface area contributed by atoms with Crippen molar-refractivity contribution in [2.45, 2.75) is 6.42 Å². The average molecular weight is 487 g/mol. The summed E-state index contributed by atoms with van der Waals surface area (Å²) in [6.07, 6.45) is 0.708. The highest BCUT2D eigenvalue weighted by Gasteiger charge is 2.20. The van der Waals surface area contributed by atoms with Crippen LogP contribution in [0.5, 0.6) is 23.0 Å². The lowest BCUT2D eigenvalue weighted by Crippen LogP contribution is -2.29. The van der Waals surface area contributed by atoms with Crippen LogP contribution in [0.2, 0.25) is 0 Å². The molecule has 0 aliphatic rings. The minimum Gasteiger partial charge on any atom is -0.494 e. The van der Waals surface area contributed by atoms with Crippen molar-refractivity contribution in [2.24, 2.45) is 0 Å². The molecule has 36 heavy (non-hydrogen) atoms. The lowest BCUT2D eigenvalue weighted by atomic mass is 10.0. The summed E-state index contributed by atoms with van der Waals surface area (Å²) in [6, 6.07) is 22.8. The van der Waals surface area contributed by atoms with Crippen LogP contribution >= 0.6 is 0 Å². The van der Waals surface area contributed by atoms with Gasteiger partial charge in [0.25, 0.3) is 5.91 Å². The zero-order valence-corrected chi connectivity index (χ0v) is 21.0. The second-order valence-corrected chi connectivity index (χ2v) is 8.23. The highest BCUT2D eigenvalue weighted by atomic mass is 16.5. The van der Waals surface area contributed by atoms with Crippen molar-refractivity contribution < 1.29 is 23.7 Å². The lowest BCUT2D eigenvalue weighted by Gasteiger charge is -2.19. The van der Waals surface area contributed by atoms with Gasteiger partial charge in [0.1, 0.15) is 5.75 Å². The topological polar surface area (TPSA) is 70.1 Å². The molecule has 1 amide bonds. The first-order valence-electron chi connectivity index (χ1n) is 11.7. The monoisotopic (exact) mass is 486 g/mol. The molecule has 0 bridgehead atoms. The molecule has 0 aliphatic carbocycles. The molecular weight excluding hydrogens is 456 g/mol. The van der Waals surface area contributed by atoms with Gasteiger partial charge in [0, 0.05) is 24.5 Å². The molecule has 1 aromatic heterocycles. The Bertz CT molecular complexity index is 1320. The fourth-order valence-corrected chi connectivity index (χ4v) is 4.04. The Morgan fingerprint density at radius 3 is 2.19 bits per heavy atom. The molecule has 0 N–H and O–H groups in total. The molecule has 0 spiro atoms. The third-order valence-electron chi connectivity index (χ3n) is 5.90. The fourth-order valence-electron chi connectivity index (χ4n) is 4.04. The number of amides is 1. The van der Waals surface area contributed by atoms with Crippen molar-refractivity contribution in [1.82, 2.24) is 9.88 Å². The summed E-state index contributed by atoms with van der Waals surface area (Å²) >= 11 is 0. The summed E-state index contributed by atoms with van der Waals surface area (Å²) < 4.78 is 22.2. The minimum absolute atomic E-state index is 0.0815. The third-order valence-corrected chi connectivity index (χ3v) is 5.90. The van der Waals surface area contributed by atoms with E-state index in [9.17, 15) is 4.79 Å². The van der Waals surface area contributed by atoms with Crippen LogP contribution in [0.4, 0.5) is 0 Å². The summed E-state index contributed by atoms with van der Waals surface area (Å²) in [6.45, 7) is 1.08. The number of pyridine rings is 1. The Hall–Kier alpha value is -4.26. The van der Waals surface area contributed by atoms with Crippen molar-refractivity contribution >= 4 is 16.8 Å². The Balaban J connectivity index is 1.62. The number of carbonyl (C=O) groups excluding carboxylic acids is 1. The van der Waals surface area contributed by atoms with Crippen LogP contribution in [-0.4, -0.2) is 57.3 Å². The van der Waals surface area contributed by atoms with Crippen molar-refractivity contribution in [1.29, 1.82) is 0 Å². The molecule has 0 saturated heterocycles. The van der Waals surface area contributed by atoms with Gasteiger partial charge in [-0.3, -0.25) is 4.79 Å². The maximum atomic E-state index is 13.5. The van der Waals surface area contributed by atoms with Crippen molar-refractivity contribution in [3.63, 3.8) is 0 Å². The quantitative estimate of drug-likeness (QED) is 0.277. The first kappa shape index (κ1) is 24.9. The van der Waals surface area contributed by atoms with Crippen LogP contribution in [-0.2, 0) is 0 Å². The molecule has 0 aliphatic heterocycles. The first-order valence-corrected chi connectivity index (χ1v) is 11.7. The van der Waals surface area contributed by atoms with Gasteiger partial charge in [-0.05, 0) is 42.8 Å². The normalized spacial score (nSPS) is 10.7. The number of methoxy groups -OCH3 is 3. The highest BCUT2D eigenvalue weighted by molar-refractivity contribution is 6.07. The number of ether oxygens (including phenoxy) is 4. The van der Waals surface area contributed by atoms with Gasteiger partial charge in [-0.1, -0.05) is 36.4 Å². The first-order chi connectivity index (χ1) is 17.5. The van der Waals surface area contributed by atoms with Gasteiger partial charge in [0.2, 0.25) is 5.75 Å². The standard InChI is InChI=1S/C29H30N2O5/c1-31(15-10-16-36-21-11-6-5-7-12-21)29(32)23-19-25(30-24-14-9-8-13-22(23)24)20-17-26(33-2)28(35-4)27(18-20)34-3/h5-9,11-14,17-19H,10,15-16H2,1-4H3. The summed E-state index contributed by atoms with van der Waals surface area (Å²) in [5, 5.41) is 0.797. The average Bonchev–Trinajstić information content (AvgIpc) is 2.93. The van der Waals surface area contributed by atoms with Gasteiger partial charge in [0.05, 0.1) is 44.7 Å². The van der Waals surface area contributed by atoms with Crippen LogP contribution in [0.3, 0.4) is 0 Å². The Kier molecular flexibility index (Phi) is 7.90. The molecule has 1 heterocycles. The molecule has 7 nitrogen and oxygen atoms in total. The number of fused-ring (bicyclic) bond motifs is 1. The number of hydrogen-bond donors (Lipinski definition) is 0. The van der Waals surface area contributed by atoms with Gasteiger partial charge in [-0.15, -0.1) is 0 Å². The molecule has 0 saturated carbocycles. The molecule has 186 valence electrons. The molecular formula is C29H30N2O5. The van der Waals surface area contributed by atoms with Crippen molar-refractivity contribution in [3.05, 3.63) is 78.4 Å². The van der Waals surface area contributed by atoms with E-state index in [-0.39, 0.29) is 5.91 Å². The molecule has 7 heteroatoms. The van der Waals surface area contributed by atoms with E-state index in [4.69, 9.17) is 23.9 Å². The second-order valence-electron chi connectivity index (χ2n) is 8.23. The third kappa shape index (κ3) is 5.35. The van der Waals surface area contributed by atoms with Crippen LogP contribution in [0.15, 0.2) is 72.8 Å². The number of rotatable bonds is 10. The SMILES string of the molecule is COc1cc(-c2cc(C(=O)N(C)CCCOc3ccccc3)c3ccccc3n2)cc(OC)c1OC. The zero-order chi connectivity index (χ0) is 25.5. The predicted molar refractivity (Wildman–Crippen MR) is 140 cm³/mol. The van der Waals surface area contributed by atoms with Gasteiger partial charge in [0.15, 0.2) is 11.5 Å². The summed E-state index contributed by atoms with van der Waals surface area (Å²) in [5.41, 5.74) is 2.70. The number of para-hydroxylation sites is 2. The number of benzene rings is 3. The number of carbonyl (C=O) groups is 1. The molecule has 0 atom stereocenters. The lowest BCUT2D eigenvalue weighted by molar-refractivity contribution is 0.0789. The second kappa shape index (κ2) is 11.4. The minimum atomic E-state index is -0.0815. The van der Waals surface area contributed by atoms with Crippen molar-refractivity contribution in [3.8, 4) is 34.3 Å².